The van der Waals surface area contributed by atoms with Crippen LogP contribution in [0.25, 0.3) is 11.0 Å². The van der Waals surface area contributed by atoms with Gasteiger partial charge in [-0.2, -0.15) is 0 Å². The summed E-state index contributed by atoms with van der Waals surface area (Å²) in [5.74, 6) is 0.732. The fraction of sp³-hybridized carbons (Fsp3) is 0.591. The third-order valence-corrected chi connectivity index (χ3v) is 5.32. The standard InChI is InChI=1S/C22H31N3O4/c1-22(2,3)29-21(27)24-16-7-5-14(6-8-16)18(26)13-15-11-12-23-17-9-10-19(28-4)25-20(15)17/h9-12,14,16,18,26H,5-8,13H2,1-4H3,(H,24,27)/t14?,16?,18-/m0/s1. The number of aliphatic hydroxyl groups excluding tert-OH is 1. The molecule has 0 aromatic carbocycles. The Morgan fingerprint density at radius 3 is 2.62 bits per heavy atom. The molecular weight excluding hydrogens is 370 g/mol. The number of nitrogens with zero attached hydrogens (tertiary/aromatic N) is 2. The lowest BCUT2D eigenvalue weighted by molar-refractivity contribution is 0.0451. The highest BCUT2D eigenvalue weighted by molar-refractivity contribution is 5.78. The van der Waals surface area contributed by atoms with Gasteiger partial charge in [0, 0.05) is 24.7 Å². The topological polar surface area (TPSA) is 93.6 Å². The zero-order valence-corrected chi connectivity index (χ0v) is 17.6. The largest absolute Gasteiger partial charge is 0.481 e. The molecule has 1 aliphatic carbocycles. The van der Waals surface area contributed by atoms with Gasteiger partial charge < -0.3 is 19.9 Å². The lowest BCUT2D eigenvalue weighted by atomic mass is 9.81. The van der Waals surface area contributed by atoms with Gasteiger partial charge in [-0.15, -0.1) is 0 Å². The molecule has 1 amide bonds. The van der Waals surface area contributed by atoms with Gasteiger partial charge in [-0.25, -0.2) is 9.78 Å². The number of methoxy groups -OCH3 is 1. The minimum absolute atomic E-state index is 0.0981. The highest BCUT2D eigenvalue weighted by Crippen LogP contribution is 2.30. The molecule has 1 saturated carbocycles. The van der Waals surface area contributed by atoms with E-state index >= 15 is 0 Å². The number of nitrogens with one attached hydrogen (secondary N) is 1. The molecule has 0 bridgehead atoms. The van der Waals surface area contributed by atoms with E-state index in [-0.39, 0.29) is 18.1 Å². The van der Waals surface area contributed by atoms with Gasteiger partial charge >= 0.3 is 6.09 Å². The number of carbonyl (C=O) groups is 1. The van der Waals surface area contributed by atoms with Crippen molar-refractivity contribution in [1.82, 2.24) is 15.3 Å². The molecule has 1 atom stereocenters. The second kappa shape index (κ2) is 8.95. The van der Waals surface area contributed by atoms with Crippen molar-refractivity contribution in [2.45, 2.75) is 70.6 Å². The molecule has 3 rings (SSSR count). The Kier molecular flexibility index (Phi) is 6.57. The Balaban J connectivity index is 1.57. The molecule has 0 spiro atoms. The molecule has 2 heterocycles. The van der Waals surface area contributed by atoms with Crippen molar-refractivity contribution in [3.05, 3.63) is 30.0 Å². The number of pyridine rings is 2. The van der Waals surface area contributed by atoms with Crippen molar-refractivity contribution in [3.8, 4) is 5.88 Å². The highest BCUT2D eigenvalue weighted by atomic mass is 16.6. The van der Waals surface area contributed by atoms with Crippen molar-refractivity contribution in [2.75, 3.05) is 7.11 Å². The van der Waals surface area contributed by atoms with Crippen LogP contribution in [0.15, 0.2) is 24.4 Å². The van der Waals surface area contributed by atoms with E-state index in [4.69, 9.17) is 9.47 Å². The van der Waals surface area contributed by atoms with E-state index in [1.54, 1.807) is 19.4 Å². The highest BCUT2D eigenvalue weighted by Gasteiger charge is 2.29. The third-order valence-electron chi connectivity index (χ3n) is 5.32. The quantitative estimate of drug-likeness (QED) is 0.795. The maximum atomic E-state index is 12.0. The summed E-state index contributed by atoms with van der Waals surface area (Å²) in [7, 11) is 1.59. The summed E-state index contributed by atoms with van der Waals surface area (Å²) in [6.45, 7) is 5.56. The van der Waals surface area contributed by atoms with E-state index in [1.807, 2.05) is 32.9 Å². The number of aliphatic hydroxyl groups is 1. The Morgan fingerprint density at radius 1 is 1.24 bits per heavy atom. The molecule has 7 heteroatoms. The molecule has 0 unspecified atom stereocenters. The molecule has 29 heavy (non-hydrogen) atoms. The fourth-order valence-corrected chi connectivity index (χ4v) is 3.85. The number of rotatable bonds is 5. The van der Waals surface area contributed by atoms with Crippen LogP contribution in [-0.2, 0) is 11.2 Å². The summed E-state index contributed by atoms with van der Waals surface area (Å²) in [6.07, 6.45) is 4.84. The summed E-state index contributed by atoms with van der Waals surface area (Å²) in [5, 5.41) is 13.8. The molecule has 1 aliphatic rings. The monoisotopic (exact) mass is 401 g/mol. The van der Waals surface area contributed by atoms with Crippen LogP contribution < -0.4 is 10.1 Å². The molecule has 2 N–H and O–H groups in total. The predicted molar refractivity (Wildman–Crippen MR) is 111 cm³/mol. The van der Waals surface area contributed by atoms with Crippen molar-refractivity contribution < 1.29 is 19.4 Å². The van der Waals surface area contributed by atoms with E-state index in [2.05, 4.69) is 15.3 Å². The number of fused-ring (bicyclic) bond motifs is 1. The number of hydrogen-bond donors (Lipinski definition) is 2. The SMILES string of the molecule is COc1ccc2nccc(C[C@H](O)C3CCC(NC(=O)OC(C)(C)C)CC3)c2n1. The molecule has 0 saturated heterocycles. The van der Waals surface area contributed by atoms with Crippen LogP contribution in [-0.4, -0.2) is 46.0 Å². The second-order valence-corrected chi connectivity index (χ2v) is 8.72. The van der Waals surface area contributed by atoms with E-state index in [0.29, 0.717) is 12.3 Å². The maximum Gasteiger partial charge on any atom is 0.407 e. The van der Waals surface area contributed by atoms with E-state index in [9.17, 15) is 9.90 Å². The number of carbonyl (C=O) groups excluding carboxylic acids is 1. The molecule has 7 nitrogen and oxygen atoms in total. The van der Waals surface area contributed by atoms with Crippen LogP contribution in [0.5, 0.6) is 5.88 Å². The first-order chi connectivity index (χ1) is 13.7. The van der Waals surface area contributed by atoms with Crippen LogP contribution in [0.4, 0.5) is 4.79 Å². The number of hydrogen-bond acceptors (Lipinski definition) is 6. The number of ether oxygens (including phenoxy) is 2. The summed E-state index contributed by atoms with van der Waals surface area (Å²) < 4.78 is 10.6. The number of amides is 1. The molecule has 2 aromatic rings. The predicted octanol–water partition coefficient (Wildman–Crippen LogP) is 3.63. The van der Waals surface area contributed by atoms with Crippen molar-refractivity contribution >= 4 is 17.1 Å². The minimum atomic E-state index is -0.499. The van der Waals surface area contributed by atoms with Gasteiger partial charge in [0.1, 0.15) is 5.60 Å². The van der Waals surface area contributed by atoms with Crippen molar-refractivity contribution in [1.29, 1.82) is 0 Å². The van der Waals surface area contributed by atoms with Gasteiger partial charge in [-0.1, -0.05) is 0 Å². The zero-order valence-electron chi connectivity index (χ0n) is 17.6. The Labute approximate surface area is 171 Å². The van der Waals surface area contributed by atoms with E-state index in [0.717, 1.165) is 42.3 Å². The molecule has 2 aromatic heterocycles. The third kappa shape index (κ3) is 5.79. The van der Waals surface area contributed by atoms with Gasteiger partial charge in [0.25, 0.3) is 0 Å². The summed E-state index contributed by atoms with van der Waals surface area (Å²) >= 11 is 0. The number of alkyl carbamates (subject to hydrolysis) is 1. The molecule has 158 valence electrons. The van der Waals surface area contributed by atoms with Crippen LogP contribution in [0.3, 0.4) is 0 Å². The van der Waals surface area contributed by atoms with E-state index < -0.39 is 11.7 Å². The number of aromatic nitrogens is 2. The lowest BCUT2D eigenvalue weighted by Crippen LogP contribution is -2.42. The summed E-state index contributed by atoms with van der Waals surface area (Å²) in [6, 6.07) is 5.67. The summed E-state index contributed by atoms with van der Waals surface area (Å²) in [5.41, 5.74) is 2.03. The average Bonchev–Trinajstić information content (AvgIpc) is 2.67. The smallest absolute Gasteiger partial charge is 0.407 e. The van der Waals surface area contributed by atoms with E-state index in [1.165, 1.54) is 0 Å². The van der Waals surface area contributed by atoms with Crippen molar-refractivity contribution in [3.63, 3.8) is 0 Å². The Bertz CT molecular complexity index is 842. The van der Waals surface area contributed by atoms with Crippen LogP contribution in [0.1, 0.15) is 52.0 Å². The van der Waals surface area contributed by atoms with Crippen LogP contribution >= 0.6 is 0 Å². The molecular formula is C22H31N3O4. The molecule has 1 fully saturated rings. The first-order valence-corrected chi connectivity index (χ1v) is 10.2. The van der Waals surface area contributed by atoms with Gasteiger partial charge in [-0.05, 0) is 70.1 Å². The first kappa shape index (κ1) is 21.3. The van der Waals surface area contributed by atoms with Crippen LogP contribution in [0.2, 0.25) is 0 Å². The zero-order chi connectivity index (χ0) is 21.0. The molecule has 0 aliphatic heterocycles. The Morgan fingerprint density at radius 2 is 1.97 bits per heavy atom. The average molecular weight is 402 g/mol. The van der Waals surface area contributed by atoms with Gasteiger partial charge in [0.05, 0.1) is 24.2 Å². The maximum absolute atomic E-state index is 12.0. The molecule has 0 radical (unpaired) electrons. The van der Waals surface area contributed by atoms with Gasteiger partial charge in [0.2, 0.25) is 5.88 Å². The van der Waals surface area contributed by atoms with Gasteiger partial charge in [-0.3, -0.25) is 4.98 Å². The normalized spacial score (nSPS) is 20.9. The first-order valence-electron chi connectivity index (χ1n) is 10.2. The summed E-state index contributed by atoms with van der Waals surface area (Å²) in [4.78, 5) is 20.8. The van der Waals surface area contributed by atoms with Crippen molar-refractivity contribution in [2.24, 2.45) is 5.92 Å². The lowest BCUT2D eigenvalue weighted by Gasteiger charge is -2.32. The minimum Gasteiger partial charge on any atom is -0.481 e. The van der Waals surface area contributed by atoms with Crippen LogP contribution in [0, 0.1) is 5.92 Å². The van der Waals surface area contributed by atoms with Gasteiger partial charge in [0.15, 0.2) is 0 Å². The Hall–Kier alpha value is -2.41. The fourth-order valence-electron chi connectivity index (χ4n) is 3.85. The second-order valence-electron chi connectivity index (χ2n) is 8.72.